The number of rotatable bonds is 12. The fourth-order valence-corrected chi connectivity index (χ4v) is 7.21. The molecule has 11 nitrogen and oxygen atoms in total. The monoisotopic (exact) mass is 723 g/mol. The second-order valence-corrected chi connectivity index (χ2v) is 21.4. The van der Waals surface area contributed by atoms with Crippen LogP contribution in [0.2, 0.25) is 25.7 Å². The molecule has 1 atom stereocenters. The standard InChI is InChI=1S/C40H53N7O4Si/c1-9-45(39(48)51-40(3,4)5)26-31-23-42-24-33(28(31)2)30-13-14-34-32(22-30)37(44-47(34)36-12-10-11-19-50-36)35-25-43-38(29-15-17-41-18-16-29)46(35)27-49-20-21-52(6,7)8/h13-18,22-25,36H,9-12,19-21,26-27H2,1-8H3. The van der Waals surface area contributed by atoms with Crippen molar-refractivity contribution in [2.45, 2.75) is 105 Å². The first-order chi connectivity index (χ1) is 24.8. The van der Waals surface area contributed by atoms with Gasteiger partial charge in [-0.25, -0.2) is 14.5 Å². The number of carbonyl (C=O) groups excluding carboxylic acids is 1. The summed E-state index contributed by atoms with van der Waals surface area (Å²) in [5.41, 5.74) is 7.09. The Labute approximate surface area is 308 Å². The van der Waals surface area contributed by atoms with Crippen LogP contribution in [-0.4, -0.2) is 73.7 Å². The summed E-state index contributed by atoms with van der Waals surface area (Å²) in [5, 5.41) is 6.28. The lowest BCUT2D eigenvalue weighted by Gasteiger charge is -2.27. The lowest BCUT2D eigenvalue weighted by Crippen LogP contribution is -2.36. The summed E-state index contributed by atoms with van der Waals surface area (Å²) in [6.45, 7) is 19.4. The highest BCUT2D eigenvalue weighted by atomic mass is 28.3. The van der Waals surface area contributed by atoms with Crippen molar-refractivity contribution in [1.82, 2.24) is 34.2 Å². The van der Waals surface area contributed by atoms with E-state index in [9.17, 15) is 4.79 Å². The number of aromatic nitrogens is 6. The molecule has 0 N–H and O–H groups in total. The molecule has 1 amide bonds. The minimum absolute atomic E-state index is 0.153. The average Bonchev–Trinajstić information content (AvgIpc) is 3.70. The van der Waals surface area contributed by atoms with Crippen molar-refractivity contribution in [2.24, 2.45) is 0 Å². The molecule has 0 bridgehead atoms. The number of amides is 1. The molecule has 6 rings (SSSR count). The normalized spacial score (nSPS) is 15.3. The highest BCUT2D eigenvalue weighted by Crippen LogP contribution is 2.38. The van der Waals surface area contributed by atoms with Gasteiger partial charge < -0.3 is 19.1 Å². The number of imidazole rings is 1. The van der Waals surface area contributed by atoms with Crippen molar-refractivity contribution in [3.63, 3.8) is 0 Å². The van der Waals surface area contributed by atoms with E-state index < -0.39 is 13.7 Å². The molecule has 0 aliphatic carbocycles. The van der Waals surface area contributed by atoms with Gasteiger partial charge in [0.15, 0.2) is 6.23 Å². The van der Waals surface area contributed by atoms with E-state index in [-0.39, 0.29) is 12.3 Å². The Morgan fingerprint density at radius 3 is 2.52 bits per heavy atom. The number of benzene rings is 1. The van der Waals surface area contributed by atoms with Gasteiger partial charge in [-0.15, -0.1) is 0 Å². The van der Waals surface area contributed by atoms with Crippen LogP contribution in [0.3, 0.4) is 0 Å². The third kappa shape index (κ3) is 8.62. The number of nitrogens with zero attached hydrogens (tertiary/aromatic N) is 7. The van der Waals surface area contributed by atoms with Crippen LogP contribution in [0.15, 0.2) is 61.3 Å². The molecule has 12 heteroatoms. The topological polar surface area (TPSA) is 109 Å². The van der Waals surface area contributed by atoms with Gasteiger partial charge in [0.2, 0.25) is 0 Å². The van der Waals surface area contributed by atoms with Crippen molar-refractivity contribution < 1.29 is 19.0 Å². The highest BCUT2D eigenvalue weighted by molar-refractivity contribution is 6.76. The first-order valence-electron chi connectivity index (χ1n) is 18.4. The largest absolute Gasteiger partial charge is 0.444 e. The van der Waals surface area contributed by atoms with E-state index in [1.807, 2.05) is 63.1 Å². The Kier molecular flexibility index (Phi) is 11.3. The van der Waals surface area contributed by atoms with E-state index in [0.717, 1.165) is 81.2 Å². The summed E-state index contributed by atoms with van der Waals surface area (Å²) >= 11 is 0. The van der Waals surface area contributed by atoms with Gasteiger partial charge in [-0.05, 0) is 101 Å². The van der Waals surface area contributed by atoms with Gasteiger partial charge in [0.25, 0.3) is 0 Å². The Bertz CT molecular complexity index is 1990. The summed E-state index contributed by atoms with van der Waals surface area (Å²) in [6.07, 6.45) is 11.8. The van der Waals surface area contributed by atoms with E-state index in [4.69, 9.17) is 24.3 Å². The maximum absolute atomic E-state index is 13.0. The number of carbonyl (C=O) groups is 1. The average molecular weight is 724 g/mol. The molecule has 52 heavy (non-hydrogen) atoms. The number of hydrogen-bond acceptors (Lipinski definition) is 8. The third-order valence-electron chi connectivity index (χ3n) is 9.41. The third-order valence-corrected chi connectivity index (χ3v) is 11.1. The van der Waals surface area contributed by atoms with E-state index in [0.29, 0.717) is 33.0 Å². The van der Waals surface area contributed by atoms with Crippen LogP contribution < -0.4 is 0 Å². The predicted octanol–water partition coefficient (Wildman–Crippen LogP) is 9.10. The van der Waals surface area contributed by atoms with Gasteiger partial charge in [0.1, 0.15) is 23.9 Å². The molecule has 1 aliphatic rings. The number of ether oxygens (including phenoxy) is 3. The summed E-state index contributed by atoms with van der Waals surface area (Å²) < 4.78 is 22.5. The molecule has 1 unspecified atom stereocenters. The van der Waals surface area contributed by atoms with E-state index in [2.05, 4.69) is 59.3 Å². The van der Waals surface area contributed by atoms with Gasteiger partial charge in [0, 0.05) is 69.1 Å². The van der Waals surface area contributed by atoms with Crippen molar-refractivity contribution in [3.8, 4) is 33.9 Å². The molecular formula is C40H53N7O4Si. The molecule has 0 radical (unpaired) electrons. The number of hydrogen-bond donors (Lipinski definition) is 0. The van der Waals surface area contributed by atoms with Crippen LogP contribution in [0.4, 0.5) is 4.79 Å². The quantitative estimate of drug-likeness (QED) is 0.0927. The van der Waals surface area contributed by atoms with Crippen LogP contribution in [-0.2, 0) is 27.5 Å². The molecule has 0 spiro atoms. The van der Waals surface area contributed by atoms with Crippen molar-refractivity contribution >= 4 is 25.1 Å². The zero-order valence-electron chi connectivity index (χ0n) is 32.0. The van der Waals surface area contributed by atoms with Gasteiger partial charge >= 0.3 is 6.09 Å². The van der Waals surface area contributed by atoms with Crippen LogP contribution in [0, 0.1) is 6.92 Å². The molecule has 276 valence electrons. The number of pyridine rings is 2. The van der Waals surface area contributed by atoms with Crippen molar-refractivity contribution in [2.75, 3.05) is 19.8 Å². The second kappa shape index (κ2) is 15.7. The lowest BCUT2D eigenvalue weighted by atomic mass is 9.97. The van der Waals surface area contributed by atoms with Crippen LogP contribution in [0.5, 0.6) is 0 Å². The fourth-order valence-electron chi connectivity index (χ4n) is 6.45. The molecule has 1 aromatic carbocycles. The Hall–Kier alpha value is -4.39. The fraction of sp³-hybridized carbons (Fsp3) is 0.475. The Morgan fingerprint density at radius 2 is 1.83 bits per heavy atom. The van der Waals surface area contributed by atoms with E-state index >= 15 is 0 Å². The molecule has 0 saturated carbocycles. The predicted molar refractivity (Wildman–Crippen MR) is 207 cm³/mol. The zero-order chi connectivity index (χ0) is 37.0. The summed E-state index contributed by atoms with van der Waals surface area (Å²) in [5.74, 6) is 0.802. The van der Waals surface area contributed by atoms with Crippen molar-refractivity contribution in [3.05, 3.63) is 72.4 Å². The summed E-state index contributed by atoms with van der Waals surface area (Å²) in [7, 11) is -1.28. The zero-order valence-corrected chi connectivity index (χ0v) is 33.0. The lowest BCUT2D eigenvalue weighted by molar-refractivity contribution is -0.0365. The maximum Gasteiger partial charge on any atom is 0.410 e. The molecule has 5 aromatic rings. The Balaban J connectivity index is 1.44. The Morgan fingerprint density at radius 1 is 1.04 bits per heavy atom. The summed E-state index contributed by atoms with van der Waals surface area (Å²) in [6, 6.07) is 11.5. The second-order valence-electron chi connectivity index (χ2n) is 15.8. The molecule has 1 saturated heterocycles. The summed E-state index contributed by atoms with van der Waals surface area (Å²) in [4.78, 5) is 28.5. The first-order valence-corrected chi connectivity index (χ1v) is 22.1. The minimum atomic E-state index is -1.28. The molecule has 1 fully saturated rings. The van der Waals surface area contributed by atoms with Crippen LogP contribution in [0.1, 0.15) is 64.3 Å². The minimum Gasteiger partial charge on any atom is -0.444 e. The molecule has 5 heterocycles. The number of fused-ring (bicyclic) bond motifs is 1. The smallest absolute Gasteiger partial charge is 0.410 e. The van der Waals surface area contributed by atoms with Crippen molar-refractivity contribution in [1.29, 1.82) is 0 Å². The van der Waals surface area contributed by atoms with Gasteiger partial charge in [-0.3, -0.25) is 14.5 Å². The van der Waals surface area contributed by atoms with Crippen LogP contribution in [0.25, 0.3) is 44.8 Å². The van der Waals surface area contributed by atoms with Gasteiger partial charge in [-0.1, -0.05) is 25.7 Å². The molecule has 1 aliphatic heterocycles. The molecule has 4 aromatic heterocycles. The van der Waals surface area contributed by atoms with Gasteiger partial charge in [0.05, 0.1) is 24.0 Å². The van der Waals surface area contributed by atoms with Gasteiger partial charge in [-0.2, -0.15) is 5.10 Å². The maximum atomic E-state index is 13.0. The van der Waals surface area contributed by atoms with Crippen LogP contribution >= 0.6 is 0 Å². The van der Waals surface area contributed by atoms with E-state index in [1.54, 1.807) is 17.3 Å². The SMILES string of the molecule is CCN(Cc1cncc(-c2ccc3c(c2)c(-c2cnc(-c4ccncc4)n2COCC[Si](C)(C)C)nn3C2CCCCO2)c1C)C(=O)OC(C)(C)C. The highest BCUT2D eigenvalue weighted by Gasteiger charge is 2.26. The molecular weight excluding hydrogens is 671 g/mol. The van der Waals surface area contributed by atoms with E-state index in [1.165, 1.54) is 0 Å². The first kappa shape index (κ1) is 37.4.